The van der Waals surface area contributed by atoms with E-state index in [9.17, 15) is 13.6 Å². The molecule has 0 unspecified atom stereocenters. The fourth-order valence-electron chi connectivity index (χ4n) is 1.75. The quantitative estimate of drug-likeness (QED) is 0.912. The second-order valence-corrected chi connectivity index (χ2v) is 4.32. The van der Waals surface area contributed by atoms with E-state index in [0.717, 1.165) is 17.7 Å². The molecule has 0 saturated carbocycles. The Balaban J connectivity index is 2.38. The SMILES string of the molecule is Cc1ccc(C(F)(F)c2ccc(C(=O)O)cc2)cc1. The second-order valence-electron chi connectivity index (χ2n) is 4.32. The highest BCUT2D eigenvalue weighted by atomic mass is 19.3. The van der Waals surface area contributed by atoms with Gasteiger partial charge < -0.3 is 5.11 Å². The van der Waals surface area contributed by atoms with Crippen molar-refractivity contribution in [3.8, 4) is 0 Å². The first-order valence-electron chi connectivity index (χ1n) is 5.70. The Hall–Kier alpha value is -2.23. The molecule has 2 aromatic rings. The lowest BCUT2D eigenvalue weighted by Gasteiger charge is -2.17. The monoisotopic (exact) mass is 262 g/mol. The highest BCUT2D eigenvalue weighted by molar-refractivity contribution is 5.87. The van der Waals surface area contributed by atoms with Gasteiger partial charge in [-0.3, -0.25) is 0 Å². The van der Waals surface area contributed by atoms with Gasteiger partial charge in [-0.1, -0.05) is 42.0 Å². The van der Waals surface area contributed by atoms with E-state index in [-0.39, 0.29) is 16.7 Å². The van der Waals surface area contributed by atoms with Gasteiger partial charge in [-0.2, -0.15) is 8.78 Å². The fraction of sp³-hybridized carbons (Fsp3) is 0.133. The molecular weight excluding hydrogens is 250 g/mol. The van der Waals surface area contributed by atoms with Gasteiger partial charge in [0.15, 0.2) is 0 Å². The van der Waals surface area contributed by atoms with Gasteiger partial charge >= 0.3 is 5.97 Å². The highest BCUT2D eigenvalue weighted by Crippen LogP contribution is 2.35. The highest BCUT2D eigenvalue weighted by Gasteiger charge is 2.33. The van der Waals surface area contributed by atoms with Crippen LogP contribution in [-0.2, 0) is 5.92 Å². The summed E-state index contributed by atoms with van der Waals surface area (Å²) in [5.74, 6) is -4.27. The van der Waals surface area contributed by atoms with Crippen molar-refractivity contribution in [2.75, 3.05) is 0 Å². The Morgan fingerprint density at radius 3 is 1.79 bits per heavy atom. The first-order chi connectivity index (χ1) is 8.91. The summed E-state index contributed by atoms with van der Waals surface area (Å²) in [6.07, 6.45) is 0. The average molecular weight is 262 g/mol. The van der Waals surface area contributed by atoms with Crippen LogP contribution >= 0.6 is 0 Å². The van der Waals surface area contributed by atoms with Gasteiger partial charge in [-0.15, -0.1) is 0 Å². The zero-order valence-corrected chi connectivity index (χ0v) is 10.2. The number of benzene rings is 2. The van der Waals surface area contributed by atoms with Gasteiger partial charge in [0.05, 0.1) is 5.56 Å². The molecule has 0 saturated heterocycles. The molecular formula is C15H12F2O2. The van der Waals surface area contributed by atoms with Crippen LogP contribution in [0.25, 0.3) is 0 Å². The minimum atomic E-state index is -3.13. The lowest BCUT2D eigenvalue weighted by Crippen LogP contribution is -2.15. The maximum atomic E-state index is 14.2. The van der Waals surface area contributed by atoms with E-state index in [4.69, 9.17) is 5.11 Å². The molecule has 0 heterocycles. The fourth-order valence-corrected chi connectivity index (χ4v) is 1.75. The molecule has 2 rings (SSSR count). The van der Waals surface area contributed by atoms with E-state index in [1.807, 2.05) is 6.92 Å². The van der Waals surface area contributed by atoms with Crippen molar-refractivity contribution in [2.24, 2.45) is 0 Å². The molecule has 0 aliphatic heterocycles. The molecule has 0 amide bonds. The molecule has 0 bridgehead atoms. The standard InChI is InChI=1S/C15H12F2O2/c1-10-2-6-12(7-3-10)15(16,17)13-8-4-11(5-9-13)14(18)19/h2-9H,1H3,(H,18,19). The Morgan fingerprint density at radius 2 is 1.37 bits per heavy atom. The molecule has 1 N–H and O–H groups in total. The summed E-state index contributed by atoms with van der Waals surface area (Å²) in [7, 11) is 0. The molecule has 0 aliphatic carbocycles. The summed E-state index contributed by atoms with van der Waals surface area (Å²) in [6.45, 7) is 1.82. The number of hydrogen-bond acceptors (Lipinski definition) is 1. The molecule has 19 heavy (non-hydrogen) atoms. The summed E-state index contributed by atoms with van der Waals surface area (Å²) in [5, 5.41) is 8.74. The van der Waals surface area contributed by atoms with Crippen LogP contribution in [0.5, 0.6) is 0 Å². The Morgan fingerprint density at radius 1 is 0.947 bits per heavy atom. The van der Waals surface area contributed by atoms with Crippen molar-refractivity contribution < 1.29 is 18.7 Å². The van der Waals surface area contributed by atoms with Crippen LogP contribution in [0.15, 0.2) is 48.5 Å². The number of halogens is 2. The third-order valence-corrected chi connectivity index (χ3v) is 2.91. The van der Waals surface area contributed by atoms with Gasteiger partial charge in [0.1, 0.15) is 0 Å². The first-order valence-corrected chi connectivity index (χ1v) is 5.70. The lowest BCUT2D eigenvalue weighted by molar-refractivity contribution is 0.0427. The lowest BCUT2D eigenvalue weighted by atomic mass is 9.98. The van der Waals surface area contributed by atoms with E-state index in [2.05, 4.69) is 0 Å². The van der Waals surface area contributed by atoms with Gasteiger partial charge in [-0.25, -0.2) is 4.79 Å². The zero-order valence-electron chi connectivity index (χ0n) is 10.2. The minimum Gasteiger partial charge on any atom is -0.478 e. The molecule has 0 radical (unpaired) electrons. The van der Waals surface area contributed by atoms with Crippen LogP contribution in [-0.4, -0.2) is 11.1 Å². The summed E-state index contributed by atoms with van der Waals surface area (Å²) in [6, 6.07) is 10.6. The van der Waals surface area contributed by atoms with Gasteiger partial charge in [0.25, 0.3) is 5.92 Å². The number of rotatable bonds is 3. The van der Waals surface area contributed by atoms with Crippen molar-refractivity contribution in [1.82, 2.24) is 0 Å². The van der Waals surface area contributed by atoms with Crippen LogP contribution < -0.4 is 0 Å². The summed E-state index contributed by atoms with van der Waals surface area (Å²) in [4.78, 5) is 10.7. The molecule has 98 valence electrons. The van der Waals surface area contributed by atoms with E-state index < -0.39 is 11.9 Å². The van der Waals surface area contributed by atoms with E-state index >= 15 is 0 Å². The number of alkyl halides is 2. The molecule has 2 nitrogen and oxygen atoms in total. The average Bonchev–Trinajstić information content (AvgIpc) is 2.39. The first kappa shape index (κ1) is 13.2. The number of carboxylic acids is 1. The van der Waals surface area contributed by atoms with Crippen LogP contribution in [0.1, 0.15) is 27.0 Å². The van der Waals surface area contributed by atoms with Crippen molar-refractivity contribution >= 4 is 5.97 Å². The van der Waals surface area contributed by atoms with E-state index in [1.165, 1.54) is 24.3 Å². The number of hydrogen-bond donors (Lipinski definition) is 1. The predicted octanol–water partition coefficient (Wildman–Crippen LogP) is 3.83. The summed E-state index contributed by atoms with van der Waals surface area (Å²) < 4.78 is 28.4. The van der Waals surface area contributed by atoms with Crippen molar-refractivity contribution in [3.63, 3.8) is 0 Å². The van der Waals surface area contributed by atoms with Crippen molar-refractivity contribution in [3.05, 3.63) is 70.8 Å². The summed E-state index contributed by atoms with van der Waals surface area (Å²) >= 11 is 0. The number of aryl methyl sites for hydroxylation is 1. The molecule has 0 aliphatic rings. The Labute approximate surface area is 109 Å². The smallest absolute Gasteiger partial charge is 0.335 e. The molecule has 0 aromatic heterocycles. The van der Waals surface area contributed by atoms with Crippen LogP contribution in [0.2, 0.25) is 0 Å². The second kappa shape index (κ2) is 4.80. The summed E-state index contributed by atoms with van der Waals surface area (Å²) in [5.41, 5.74) is 0.562. The molecule has 4 heteroatoms. The number of aromatic carboxylic acids is 1. The minimum absolute atomic E-state index is 0.0107. The van der Waals surface area contributed by atoms with Crippen molar-refractivity contribution in [1.29, 1.82) is 0 Å². The van der Waals surface area contributed by atoms with E-state index in [0.29, 0.717) is 0 Å². The Kier molecular flexibility index (Phi) is 3.34. The predicted molar refractivity (Wildman–Crippen MR) is 67.6 cm³/mol. The largest absolute Gasteiger partial charge is 0.478 e. The normalized spacial score (nSPS) is 11.3. The Bertz CT molecular complexity index is 587. The molecule has 2 aromatic carbocycles. The molecule has 0 spiro atoms. The zero-order chi connectivity index (χ0) is 14.0. The number of carbonyl (C=O) groups is 1. The van der Waals surface area contributed by atoms with Crippen LogP contribution in [0.4, 0.5) is 8.78 Å². The third-order valence-electron chi connectivity index (χ3n) is 2.91. The molecule has 0 atom stereocenters. The topological polar surface area (TPSA) is 37.3 Å². The third kappa shape index (κ3) is 2.62. The van der Waals surface area contributed by atoms with E-state index in [1.54, 1.807) is 12.1 Å². The number of carboxylic acid groups (broad SMARTS) is 1. The van der Waals surface area contributed by atoms with Crippen LogP contribution in [0, 0.1) is 6.92 Å². The molecule has 0 fully saturated rings. The van der Waals surface area contributed by atoms with Gasteiger partial charge in [0.2, 0.25) is 0 Å². The van der Waals surface area contributed by atoms with Crippen LogP contribution in [0.3, 0.4) is 0 Å². The van der Waals surface area contributed by atoms with Gasteiger partial charge in [0, 0.05) is 11.1 Å². The maximum Gasteiger partial charge on any atom is 0.335 e. The maximum absolute atomic E-state index is 14.2. The van der Waals surface area contributed by atoms with Crippen molar-refractivity contribution in [2.45, 2.75) is 12.8 Å². The van der Waals surface area contributed by atoms with Gasteiger partial charge in [-0.05, 0) is 19.1 Å².